The standard InChI is InChI=1S/C13H17F2NO/c1-9-4-5-10(7-12(9)17-13(14)15)11-3-2-6-16-8-11/h4-5,7,11,13,16H,2-3,6,8H2,1H3. The van der Waals surface area contributed by atoms with E-state index in [1.54, 1.807) is 13.0 Å². The zero-order chi connectivity index (χ0) is 12.3. The predicted molar refractivity (Wildman–Crippen MR) is 62.7 cm³/mol. The summed E-state index contributed by atoms with van der Waals surface area (Å²) in [5.41, 5.74) is 1.83. The molecule has 0 saturated carbocycles. The van der Waals surface area contributed by atoms with Crippen molar-refractivity contribution in [3.63, 3.8) is 0 Å². The van der Waals surface area contributed by atoms with Crippen molar-refractivity contribution >= 4 is 0 Å². The molecular formula is C13H17F2NO. The van der Waals surface area contributed by atoms with E-state index in [2.05, 4.69) is 10.1 Å². The molecule has 1 aromatic carbocycles. The minimum atomic E-state index is -2.76. The molecule has 1 fully saturated rings. The molecule has 94 valence electrons. The maximum absolute atomic E-state index is 12.2. The van der Waals surface area contributed by atoms with E-state index in [0.29, 0.717) is 11.7 Å². The highest BCUT2D eigenvalue weighted by molar-refractivity contribution is 5.38. The van der Waals surface area contributed by atoms with Gasteiger partial charge >= 0.3 is 6.61 Å². The third-order valence-electron chi connectivity index (χ3n) is 3.20. The Kier molecular flexibility index (Phi) is 3.94. The first-order chi connectivity index (χ1) is 8.16. The number of alkyl halides is 2. The number of hydrogen-bond donors (Lipinski definition) is 1. The van der Waals surface area contributed by atoms with Gasteiger partial charge < -0.3 is 10.1 Å². The van der Waals surface area contributed by atoms with E-state index in [-0.39, 0.29) is 0 Å². The lowest BCUT2D eigenvalue weighted by molar-refractivity contribution is -0.0503. The molecule has 0 aliphatic carbocycles. The van der Waals surface area contributed by atoms with Gasteiger partial charge in [0.25, 0.3) is 0 Å². The molecule has 1 saturated heterocycles. The van der Waals surface area contributed by atoms with Gasteiger partial charge in [0.2, 0.25) is 0 Å². The first-order valence-electron chi connectivity index (χ1n) is 5.93. The van der Waals surface area contributed by atoms with Crippen molar-refractivity contribution in [3.05, 3.63) is 29.3 Å². The van der Waals surface area contributed by atoms with Crippen LogP contribution in [-0.4, -0.2) is 19.7 Å². The molecule has 1 unspecified atom stereocenters. The van der Waals surface area contributed by atoms with Crippen LogP contribution >= 0.6 is 0 Å². The monoisotopic (exact) mass is 241 g/mol. The van der Waals surface area contributed by atoms with Crippen LogP contribution < -0.4 is 10.1 Å². The maximum atomic E-state index is 12.2. The number of hydrogen-bond acceptors (Lipinski definition) is 2. The minimum Gasteiger partial charge on any atom is -0.435 e. The van der Waals surface area contributed by atoms with Crippen LogP contribution in [0, 0.1) is 6.92 Å². The first kappa shape index (κ1) is 12.3. The Morgan fingerprint density at radius 3 is 2.88 bits per heavy atom. The second kappa shape index (κ2) is 5.45. The lowest BCUT2D eigenvalue weighted by Crippen LogP contribution is -2.28. The molecule has 1 aromatic rings. The molecule has 1 N–H and O–H groups in total. The van der Waals surface area contributed by atoms with Gasteiger partial charge in [0.15, 0.2) is 0 Å². The Balaban J connectivity index is 2.17. The summed E-state index contributed by atoms with van der Waals surface area (Å²) >= 11 is 0. The Bertz CT molecular complexity index is 376. The highest BCUT2D eigenvalue weighted by Gasteiger charge is 2.17. The van der Waals surface area contributed by atoms with Crippen LogP contribution in [0.2, 0.25) is 0 Å². The van der Waals surface area contributed by atoms with Crippen molar-refractivity contribution in [2.45, 2.75) is 32.3 Å². The maximum Gasteiger partial charge on any atom is 0.387 e. The van der Waals surface area contributed by atoms with Crippen molar-refractivity contribution < 1.29 is 13.5 Å². The van der Waals surface area contributed by atoms with Crippen LogP contribution in [-0.2, 0) is 0 Å². The fourth-order valence-electron chi connectivity index (χ4n) is 2.23. The fourth-order valence-corrected chi connectivity index (χ4v) is 2.23. The first-order valence-corrected chi connectivity index (χ1v) is 5.93. The molecule has 0 bridgehead atoms. The van der Waals surface area contributed by atoms with Gasteiger partial charge in [0.1, 0.15) is 5.75 Å². The summed E-state index contributed by atoms with van der Waals surface area (Å²) in [6, 6.07) is 5.60. The van der Waals surface area contributed by atoms with Crippen LogP contribution in [0.5, 0.6) is 5.75 Å². The van der Waals surface area contributed by atoms with E-state index in [1.807, 2.05) is 12.1 Å². The molecule has 0 amide bonds. The lowest BCUT2D eigenvalue weighted by atomic mass is 9.91. The van der Waals surface area contributed by atoms with Crippen LogP contribution in [0.25, 0.3) is 0 Å². The van der Waals surface area contributed by atoms with Crippen LogP contribution in [0.15, 0.2) is 18.2 Å². The molecule has 0 spiro atoms. The number of ether oxygens (including phenoxy) is 1. The molecule has 2 rings (SSSR count). The van der Waals surface area contributed by atoms with E-state index in [0.717, 1.165) is 37.1 Å². The summed E-state index contributed by atoms with van der Waals surface area (Å²) in [7, 11) is 0. The number of halogens is 2. The molecule has 1 atom stereocenters. The Hall–Kier alpha value is -1.16. The topological polar surface area (TPSA) is 21.3 Å². The normalized spacial score (nSPS) is 20.6. The van der Waals surface area contributed by atoms with Gasteiger partial charge in [0.05, 0.1) is 0 Å². The van der Waals surface area contributed by atoms with E-state index >= 15 is 0 Å². The number of nitrogens with one attached hydrogen (secondary N) is 1. The van der Waals surface area contributed by atoms with Gasteiger partial charge in [0, 0.05) is 6.54 Å². The average molecular weight is 241 g/mol. The summed E-state index contributed by atoms with van der Waals surface area (Å²) in [5.74, 6) is 0.701. The highest BCUT2D eigenvalue weighted by atomic mass is 19.3. The molecule has 17 heavy (non-hydrogen) atoms. The Morgan fingerprint density at radius 1 is 1.41 bits per heavy atom. The largest absolute Gasteiger partial charge is 0.435 e. The number of rotatable bonds is 3. The van der Waals surface area contributed by atoms with E-state index in [1.165, 1.54) is 0 Å². The molecule has 4 heteroatoms. The van der Waals surface area contributed by atoms with Crippen molar-refractivity contribution in [1.29, 1.82) is 0 Å². The van der Waals surface area contributed by atoms with Gasteiger partial charge in [-0.1, -0.05) is 12.1 Å². The lowest BCUT2D eigenvalue weighted by Gasteiger charge is -2.23. The molecule has 0 radical (unpaired) electrons. The molecule has 1 aliphatic rings. The van der Waals surface area contributed by atoms with Crippen LogP contribution in [0.1, 0.15) is 29.9 Å². The number of aryl methyl sites for hydroxylation is 1. The summed E-state index contributed by atoms with van der Waals surface area (Å²) in [4.78, 5) is 0. The molecular weight excluding hydrogens is 224 g/mol. The van der Waals surface area contributed by atoms with E-state index in [9.17, 15) is 8.78 Å². The number of benzene rings is 1. The summed E-state index contributed by atoms with van der Waals surface area (Å²) in [6.45, 7) is 0.981. The van der Waals surface area contributed by atoms with Gasteiger partial charge in [-0.05, 0) is 49.4 Å². The third-order valence-corrected chi connectivity index (χ3v) is 3.20. The van der Waals surface area contributed by atoms with Gasteiger partial charge in [-0.15, -0.1) is 0 Å². The SMILES string of the molecule is Cc1ccc(C2CCCNC2)cc1OC(F)F. The zero-order valence-electron chi connectivity index (χ0n) is 9.88. The van der Waals surface area contributed by atoms with Crippen molar-refractivity contribution in [3.8, 4) is 5.75 Å². The average Bonchev–Trinajstić information content (AvgIpc) is 2.32. The Labute approximate surface area is 100.0 Å². The molecule has 1 aliphatic heterocycles. The van der Waals surface area contributed by atoms with Crippen molar-refractivity contribution in [2.24, 2.45) is 0 Å². The van der Waals surface area contributed by atoms with Crippen LogP contribution in [0.4, 0.5) is 8.78 Å². The molecule has 0 aromatic heterocycles. The second-order valence-corrected chi connectivity index (χ2v) is 4.45. The smallest absolute Gasteiger partial charge is 0.387 e. The Morgan fingerprint density at radius 2 is 2.24 bits per heavy atom. The van der Waals surface area contributed by atoms with Crippen molar-refractivity contribution in [2.75, 3.05) is 13.1 Å². The fraction of sp³-hybridized carbons (Fsp3) is 0.538. The summed E-state index contributed by atoms with van der Waals surface area (Å²) < 4.78 is 29.0. The zero-order valence-corrected chi connectivity index (χ0v) is 9.88. The minimum absolute atomic E-state index is 0.295. The molecule has 2 nitrogen and oxygen atoms in total. The third kappa shape index (κ3) is 3.16. The second-order valence-electron chi connectivity index (χ2n) is 4.45. The highest BCUT2D eigenvalue weighted by Crippen LogP contribution is 2.29. The number of piperidine rings is 1. The summed E-state index contributed by atoms with van der Waals surface area (Å²) in [6.07, 6.45) is 2.23. The predicted octanol–water partition coefficient (Wildman–Crippen LogP) is 3.06. The van der Waals surface area contributed by atoms with Crippen LogP contribution in [0.3, 0.4) is 0 Å². The van der Waals surface area contributed by atoms with Crippen molar-refractivity contribution in [1.82, 2.24) is 5.32 Å². The summed E-state index contributed by atoms with van der Waals surface area (Å²) in [5, 5.41) is 3.32. The van der Waals surface area contributed by atoms with Gasteiger partial charge in [-0.2, -0.15) is 8.78 Å². The quantitative estimate of drug-likeness (QED) is 0.878. The van der Waals surface area contributed by atoms with Gasteiger partial charge in [-0.3, -0.25) is 0 Å². The van der Waals surface area contributed by atoms with E-state index in [4.69, 9.17) is 0 Å². The van der Waals surface area contributed by atoms with Gasteiger partial charge in [-0.25, -0.2) is 0 Å². The van der Waals surface area contributed by atoms with E-state index < -0.39 is 6.61 Å². The molecule has 1 heterocycles.